The summed E-state index contributed by atoms with van der Waals surface area (Å²) in [6.07, 6.45) is -1.28. The summed E-state index contributed by atoms with van der Waals surface area (Å²) >= 11 is 0. The van der Waals surface area contributed by atoms with Gasteiger partial charge in [0, 0.05) is 6.92 Å². The number of carbonyl (C=O) groups excluding carboxylic acids is 1. The van der Waals surface area contributed by atoms with E-state index in [1.54, 1.807) is 19.1 Å². The van der Waals surface area contributed by atoms with Crippen molar-refractivity contribution in [2.45, 2.75) is 26.1 Å². The van der Waals surface area contributed by atoms with E-state index in [0.29, 0.717) is 0 Å². The fourth-order valence-electron chi connectivity index (χ4n) is 1.25. The van der Waals surface area contributed by atoms with Crippen LogP contribution < -0.4 is 0 Å². The Labute approximate surface area is 83.3 Å². The molecule has 0 aromatic heterocycles. The van der Waals surface area contributed by atoms with Gasteiger partial charge in [0.2, 0.25) is 0 Å². The Hall–Kier alpha value is -1.35. The molecule has 3 heteroatoms. The van der Waals surface area contributed by atoms with Crippen molar-refractivity contribution in [3.63, 3.8) is 0 Å². The molecule has 0 aliphatic rings. The maximum absolute atomic E-state index is 10.7. The average molecular weight is 194 g/mol. The van der Waals surface area contributed by atoms with Crippen LogP contribution in [0.3, 0.4) is 0 Å². The van der Waals surface area contributed by atoms with Crippen LogP contribution in [0.15, 0.2) is 30.3 Å². The zero-order valence-corrected chi connectivity index (χ0v) is 8.31. The molecule has 76 valence electrons. The highest BCUT2D eigenvalue weighted by Gasteiger charge is 2.18. The predicted octanol–water partition coefficient (Wildman–Crippen LogP) is 1.67. The number of ether oxygens (including phenoxy) is 1. The smallest absolute Gasteiger partial charge is 0.302 e. The SMILES string of the molecule is CC(=O)O[C@H](C)[C@H](O)c1ccccc1. The maximum Gasteiger partial charge on any atom is 0.302 e. The van der Waals surface area contributed by atoms with Crippen LogP contribution in [-0.2, 0) is 9.53 Å². The monoisotopic (exact) mass is 194 g/mol. The van der Waals surface area contributed by atoms with Crippen LogP contribution in [-0.4, -0.2) is 17.2 Å². The van der Waals surface area contributed by atoms with Gasteiger partial charge in [-0.3, -0.25) is 4.79 Å². The molecule has 0 spiro atoms. The Morgan fingerprint density at radius 1 is 1.36 bits per heavy atom. The molecular weight excluding hydrogens is 180 g/mol. The second-order valence-electron chi connectivity index (χ2n) is 3.17. The van der Waals surface area contributed by atoms with E-state index in [2.05, 4.69) is 0 Å². The largest absolute Gasteiger partial charge is 0.460 e. The highest BCUT2D eigenvalue weighted by Crippen LogP contribution is 2.18. The molecule has 14 heavy (non-hydrogen) atoms. The van der Waals surface area contributed by atoms with Gasteiger partial charge in [-0.15, -0.1) is 0 Å². The van der Waals surface area contributed by atoms with E-state index in [0.717, 1.165) is 5.56 Å². The van der Waals surface area contributed by atoms with E-state index < -0.39 is 12.2 Å². The molecule has 0 radical (unpaired) electrons. The van der Waals surface area contributed by atoms with Gasteiger partial charge in [0.25, 0.3) is 0 Å². The van der Waals surface area contributed by atoms with Gasteiger partial charge < -0.3 is 9.84 Å². The number of benzene rings is 1. The minimum absolute atomic E-state index is 0.382. The standard InChI is InChI=1S/C11H14O3/c1-8(14-9(2)12)11(13)10-6-4-3-5-7-10/h3-8,11,13H,1-2H3/t8-,11+/m1/s1. The molecule has 3 nitrogen and oxygen atoms in total. The van der Waals surface area contributed by atoms with Crippen molar-refractivity contribution in [3.05, 3.63) is 35.9 Å². The van der Waals surface area contributed by atoms with Gasteiger partial charge in [-0.1, -0.05) is 30.3 Å². The summed E-state index contributed by atoms with van der Waals surface area (Å²) in [5.74, 6) is -0.382. The highest BCUT2D eigenvalue weighted by atomic mass is 16.6. The van der Waals surface area contributed by atoms with Crippen LogP contribution in [0.4, 0.5) is 0 Å². The molecule has 1 N–H and O–H groups in total. The fraction of sp³-hybridized carbons (Fsp3) is 0.364. The van der Waals surface area contributed by atoms with Crippen LogP contribution in [0.1, 0.15) is 25.5 Å². The van der Waals surface area contributed by atoms with E-state index in [1.807, 2.05) is 18.2 Å². The molecule has 0 saturated heterocycles. The van der Waals surface area contributed by atoms with Gasteiger partial charge in [0.05, 0.1) is 0 Å². The lowest BCUT2D eigenvalue weighted by Gasteiger charge is -2.18. The van der Waals surface area contributed by atoms with Crippen molar-refractivity contribution < 1.29 is 14.6 Å². The Kier molecular flexibility index (Phi) is 3.65. The van der Waals surface area contributed by atoms with Crippen molar-refractivity contribution in [1.29, 1.82) is 0 Å². The van der Waals surface area contributed by atoms with Crippen molar-refractivity contribution in [2.24, 2.45) is 0 Å². The Morgan fingerprint density at radius 3 is 2.43 bits per heavy atom. The van der Waals surface area contributed by atoms with E-state index in [4.69, 9.17) is 4.74 Å². The van der Waals surface area contributed by atoms with E-state index in [1.165, 1.54) is 6.92 Å². The third kappa shape index (κ3) is 2.85. The first kappa shape index (κ1) is 10.7. The molecule has 0 aliphatic carbocycles. The zero-order valence-electron chi connectivity index (χ0n) is 8.31. The summed E-state index contributed by atoms with van der Waals surface area (Å²) in [6.45, 7) is 2.99. The van der Waals surface area contributed by atoms with Crippen LogP contribution in [0.2, 0.25) is 0 Å². The molecule has 1 aromatic carbocycles. The Morgan fingerprint density at radius 2 is 1.93 bits per heavy atom. The number of hydrogen-bond acceptors (Lipinski definition) is 3. The summed E-state index contributed by atoms with van der Waals surface area (Å²) in [6, 6.07) is 9.13. The summed E-state index contributed by atoms with van der Waals surface area (Å²) in [5, 5.41) is 9.76. The first-order valence-corrected chi connectivity index (χ1v) is 4.51. The molecule has 0 amide bonds. The van der Waals surface area contributed by atoms with Crippen molar-refractivity contribution in [2.75, 3.05) is 0 Å². The number of esters is 1. The summed E-state index contributed by atoms with van der Waals surface area (Å²) in [5.41, 5.74) is 0.751. The Balaban J connectivity index is 2.65. The number of aliphatic hydroxyl groups is 1. The lowest BCUT2D eigenvalue weighted by Crippen LogP contribution is -2.20. The van der Waals surface area contributed by atoms with Crippen LogP contribution >= 0.6 is 0 Å². The molecule has 0 bridgehead atoms. The fourth-order valence-corrected chi connectivity index (χ4v) is 1.25. The molecule has 0 unspecified atom stereocenters. The minimum atomic E-state index is -0.764. The lowest BCUT2D eigenvalue weighted by atomic mass is 10.1. The van der Waals surface area contributed by atoms with Crippen LogP contribution in [0.25, 0.3) is 0 Å². The first-order chi connectivity index (χ1) is 6.61. The van der Waals surface area contributed by atoms with Gasteiger partial charge in [-0.2, -0.15) is 0 Å². The number of hydrogen-bond donors (Lipinski definition) is 1. The van der Waals surface area contributed by atoms with E-state index in [-0.39, 0.29) is 5.97 Å². The topological polar surface area (TPSA) is 46.5 Å². The molecule has 2 atom stereocenters. The Bertz CT molecular complexity index is 295. The molecule has 1 aromatic rings. The molecule has 0 aliphatic heterocycles. The van der Waals surface area contributed by atoms with Gasteiger partial charge in [-0.05, 0) is 12.5 Å². The highest BCUT2D eigenvalue weighted by molar-refractivity contribution is 5.66. The molecule has 1 rings (SSSR count). The third-order valence-corrected chi connectivity index (χ3v) is 1.94. The predicted molar refractivity (Wildman–Crippen MR) is 52.6 cm³/mol. The summed E-state index contributed by atoms with van der Waals surface area (Å²) in [7, 11) is 0. The normalized spacial score (nSPS) is 14.5. The summed E-state index contributed by atoms with van der Waals surface area (Å²) in [4.78, 5) is 10.7. The van der Waals surface area contributed by atoms with Crippen molar-refractivity contribution >= 4 is 5.97 Å². The lowest BCUT2D eigenvalue weighted by molar-refractivity contribution is -0.151. The minimum Gasteiger partial charge on any atom is -0.460 e. The van der Waals surface area contributed by atoms with Gasteiger partial charge in [0.15, 0.2) is 0 Å². The van der Waals surface area contributed by atoms with Crippen molar-refractivity contribution in [1.82, 2.24) is 0 Å². The maximum atomic E-state index is 10.7. The van der Waals surface area contributed by atoms with Gasteiger partial charge in [0.1, 0.15) is 12.2 Å². The van der Waals surface area contributed by atoms with E-state index >= 15 is 0 Å². The third-order valence-electron chi connectivity index (χ3n) is 1.94. The van der Waals surface area contributed by atoms with Crippen LogP contribution in [0, 0.1) is 0 Å². The van der Waals surface area contributed by atoms with Gasteiger partial charge >= 0.3 is 5.97 Å². The molecule has 0 saturated carbocycles. The average Bonchev–Trinajstić information content (AvgIpc) is 2.17. The number of carbonyl (C=O) groups is 1. The molecular formula is C11H14O3. The van der Waals surface area contributed by atoms with E-state index in [9.17, 15) is 9.90 Å². The quantitative estimate of drug-likeness (QED) is 0.744. The number of aliphatic hydroxyl groups excluding tert-OH is 1. The zero-order chi connectivity index (χ0) is 10.6. The first-order valence-electron chi connectivity index (χ1n) is 4.51. The molecule has 0 fully saturated rings. The van der Waals surface area contributed by atoms with Gasteiger partial charge in [-0.25, -0.2) is 0 Å². The number of rotatable bonds is 3. The second-order valence-corrected chi connectivity index (χ2v) is 3.17. The second kappa shape index (κ2) is 4.77. The van der Waals surface area contributed by atoms with Crippen LogP contribution in [0.5, 0.6) is 0 Å². The molecule has 0 heterocycles. The summed E-state index contributed by atoms with van der Waals surface area (Å²) < 4.78 is 4.88. The van der Waals surface area contributed by atoms with Crippen molar-refractivity contribution in [3.8, 4) is 0 Å².